The van der Waals surface area contributed by atoms with Gasteiger partial charge in [-0.25, -0.2) is 0 Å². The first-order valence-electron chi connectivity index (χ1n) is 7.79. The van der Waals surface area contributed by atoms with Gasteiger partial charge in [-0.15, -0.1) is 0 Å². The molecule has 1 aliphatic heterocycles. The number of ether oxygens (including phenoxy) is 1. The van der Waals surface area contributed by atoms with Crippen LogP contribution in [0.15, 0.2) is 0 Å². The van der Waals surface area contributed by atoms with Crippen molar-refractivity contribution >= 4 is 0 Å². The van der Waals surface area contributed by atoms with Gasteiger partial charge in [-0.2, -0.15) is 0 Å². The number of aliphatic hydroxyl groups is 1. The van der Waals surface area contributed by atoms with Gasteiger partial charge < -0.3 is 15.2 Å². The third kappa shape index (κ3) is 3.69. The van der Waals surface area contributed by atoms with Crippen molar-refractivity contribution in [1.29, 1.82) is 0 Å². The van der Waals surface area contributed by atoms with Crippen molar-refractivity contribution in [3.63, 3.8) is 0 Å². The minimum atomic E-state index is 0.186. The molecule has 0 aromatic carbocycles. The summed E-state index contributed by atoms with van der Waals surface area (Å²) in [6.45, 7) is 3.40. The van der Waals surface area contributed by atoms with Crippen LogP contribution in [0.4, 0.5) is 0 Å². The Bertz CT molecular complexity index is 233. The van der Waals surface area contributed by atoms with E-state index in [1.165, 1.54) is 38.5 Å². The van der Waals surface area contributed by atoms with Crippen LogP contribution in [0.2, 0.25) is 0 Å². The van der Waals surface area contributed by atoms with Crippen molar-refractivity contribution in [2.45, 2.75) is 82.4 Å². The van der Waals surface area contributed by atoms with Crippen LogP contribution in [-0.4, -0.2) is 36.0 Å². The highest BCUT2D eigenvalue weighted by molar-refractivity contribution is 4.92. The minimum Gasteiger partial charge on any atom is -0.396 e. The van der Waals surface area contributed by atoms with Gasteiger partial charge in [-0.3, -0.25) is 0 Å². The molecule has 18 heavy (non-hydrogen) atoms. The summed E-state index contributed by atoms with van der Waals surface area (Å²) in [4.78, 5) is 0. The van der Waals surface area contributed by atoms with Gasteiger partial charge in [0.1, 0.15) is 0 Å². The maximum atomic E-state index is 9.07. The number of hydrogen-bond acceptors (Lipinski definition) is 3. The van der Waals surface area contributed by atoms with Crippen LogP contribution in [0.5, 0.6) is 0 Å². The molecule has 0 aromatic rings. The summed E-state index contributed by atoms with van der Waals surface area (Å²) in [7, 11) is 0. The third-order valence-corrected chi connectivity index (χ3v) is 4.70. The lowest BCUT2D eigenvalue weighted by molar-refractivity contribution is -0.110. The Kier molecular flexibility index (Phi) is 5.46. The average Bonchev–Trinajstić information content (AvgIpc) is 2.39. The van der Waals surface area contributed by atoms with E-state index in [1.54, 1.807) is 0 Å². The summed E-state index contributed by atoms with van der Waals surface area (Å²) < 4.78 is 6.12. The maximum absolute atomic E-state index is 9.07. The molecule has 2 unspecified atom stereocenters. The molecule has 2 aliphatic rings. The van der Waals surface area contributed by atoms with Crippen LogP contribution in [-0.2, 0) is 4.74 Å². The van der Waals surface area contributed by atoms with Crippen LogP contribution in [0.1, 0.15) is 64.7 Å². The molecule has 1 heterocycles. The van der Waals surface area contributed by atoms with Crippen LogP contribution >= 0.6 is 0 Å². The van der Waals surface area contributed by atoms with Crippen LogP contribution < -0.4 is 5.32 Å². The van der Waals surface area contributed by atoms with Crippen LogP contribution in [0.25, 0.3) is 0 Å². The molecule has 0 amide bonds. The van der Waals surface area contributed by atoms with Gasteiger partial charge in [0.25, 0.3) is 0 Å². The summed E-state index contributed by atoms with van der Waals surface area (Å²) in [5.74, 6) is 0. The Morgan fingerprint density at radius 2 is 2.11 bits per heavy atom. The van der Waals surface area contributed by atoms with Crippen molar-refractivity contribution in [2.75, 3.05) is 13.2 Å². The van der Waals surface area contributed by atoms with Gasteiger partial charge in [0, 0.05) is 25.3 Å². The Balaban J connectivity index is 1.85. The normalized spacial score (nSPS) is 29.3. The topological polar surface area (TPSA) is 41.5 Å². The molecule has 0 radical (unpaired) electrons. The second-order valence-electron chi connectivity index (χ2n) is 6.07. The molecule has 1 saturated carbocycles. The van der Waals surface area contributed by atoms with Gasteiger partial charge in [0.05, 0.1) is 5.60 Å². The Morgan fingerprint density at radius 1 is 1.33 bits per heavy atom. The smallest absolute Gasteiger partial charge is 0.0697 e. The highest BCUT2D eigenvalue weighted by atomic mass is 16.5. The van der Waals surface area contributed by atoms with E-state index in [4.69, 9.17) is 9.84 Å². The molecule has 2 fully saturated rings. The first-order chi connectivity index (χ1) is 8.78. The SMILES string of the molecule is CCC(CCO)NC1CCOC2(CCCCC2)C1. The number of hydrogen-bond donors (Lipinski definition) is 2. The fourth-order valence-electron chi connectivity index (χ4n) is 3.61. The van der Waals surface area contributed by atoms with E-state index in [9.17, 15) is 0 Å². The predicted molar refractivity (Wildman–Crippen MR) is 73.7 cm³/mol. The van der Waals surface area contributed by atoms with Gasteiger partial charge in [0.15, 0.2) is 0 Å². The zero-order chi connectivity index (χ0) is 12.8. The predicted octanol–water partition coefficient (Wildman–Crippen LogP) is 2.62. The Labute approximate surface area is 111 Å². The summed E-state index contributed by atoms with van der Waals surface area (Å²) >= 11 is 0. The van der Waals surface area contributed by atoms with Crippen LogP contribution in [0, 0.1) is 0 Å². The molecular formula is C15H29NO2. The first-order valence-corrected chi connectivity index (χ1v) is 7.79. The monoisotopic (exact) mass is 255 g/mol. The number of rotatable bonds is 5. The fraction of sp³-hybridized carbons (Fsp3) is 1.00. The third-order valence-electron chi connectivity index (χ3n) is 4.70. The fourth-order valence-corrected chi connectivity index (χ4v) is 3.61. The minimum absolute atomic E-state index is 0.186. The van der Waals surface area contributed by atoms with E-state index in [1.807, 2.05) is 0 Å². The molecule has 0 bridgehead atoms. The summed E-state index contributed by atoms with van der Waals surface area (Å²) in [6.07, 6.45) is 10.8. The molecular weight excluding hydrogens is 226 g/mol. The molecule has 106 valence electrons. The molecule has 2 rings (SSSR count). The van der Waals surface area contributed by atoms with Crippen LogP contribution in [0.3, 0.4) is 0 Å². The largest absolute Gasteiger partial charge is 0.396 e. The highest BCUT2D eigenvalue weighted by Crippen LogP contribution is 2.38. The van der Waals surface area contributed by atoms with Crippen molar-refractivity contribution < 1.29 is 9.84 Å². The van der Waals surface area contributed by atoms with Gasteiger partial charge >= 0.3 is 0 Å². The summed E-state index contributed by atoms with van der Waals surface area (Å²) in [5, 5.41) is 12.8. The van der Waals surface area contributed by atoms with Crippen molar-refractivity contribution in [3.05, 3.63) is 0 Å². The average molecular weight is 255 g/mol. The Hall–Kier alpha value is -0.120. The van der Waals surface area contributed by atoms with Gasteiger partial charge in [-0.1, -0.05) is 26.2 Å². The lowest BCUT2D eigenvalue weighted by Gasteiger charge is -2.44. The molecule has 3 heteroatoms. The van der Waals surface area contributed by atoms with E-state index < -0.39 is 0 Å². The van der Waals surface area contributed by atoms with E-state index in [2.05, 4.69) is 12.2 Å². The maximum Gasteiger partial charge on any atom is 0.0697 e. The van der Waals surface area contributed by atoms with Crippen molar-refractivity contribution in [1.82, 2.24) is 5.32 Å². The summed E-state index contributed by atoms with van der Waals surface area (Å²) in [5.41, 5.74) is 0.186. The van der Waals surface area contributed by atoms with E-state index >= 15 is 0 Å². The quantitative estimate of drug-likeness (QED) is 0.793. The number of nitrogens with one attached hydrogen (secondary N) is 1. The first kappa shape index (κ1) is 14.3. The highest BCUT2D eigenvalue weighted by Gasteiger charge is 2.38. The van der Waals surface area contributed by atoms with E-state index in [0.29, 0.717) is 18.7 Å². The second-order valence-corrected chi connectivity index (χ2v) is 6.07. The van der Waals surface area contributed by atoms with E-state index in [0.717, 1.165) is 25.9 Å². The zero-order valence-corrected chi connectivity index (χ0v) is 11.8. The molecule has 1 spiro atoms. The van der Waals surface area contributed by atoms with E-state index in [-0.39, 0.29) is 5.60 Å². The lowest BCUT2D eigenvalue weighted by Crippen LogP contribution is -2.50. The molecule has 1 aliphatic carbocycles. The number of aliphatic hydroxyl groups excluding tert-OH is 1. The van der Waals surface area contributed by atoms with Gasteiger partial charge in [-0.05, 0) is 38.5 Å². The summed E-state index contributed by atoms with van der Waals surface area (Å²) in [6, 6.07) is 1.06. The Morgan fingerprint density at radius 3 is 2.78 bits per heavy atom. The lowest BCUT2D eigenvalue weighted by atomic mass is 9.78. The van der Waals surface area contributed by atoms with Crippen molar-refractivity contribution in [2.24, 2.45) is 0 Å². The molecule has 1 saturated heterocycles. The van der Waals surface area contributed by atoms with Crippen molar-refractivity contribution in [3.8, 4) is 0 Å². The second kappa shape index (κ2) is 6.88. The molecule has 3 nitrogen and oxygen atoms in total. The standard InChI is InChI=1S/C15H29NO2/c1-2-13(6-10-17)16-14-7-11-18-15(12-14)8-4-3-5-9-15/h13-14,16-17H,2-12H2,1H3. The molecule has 0 aromatic heterocycles. The molecule has 2 N–H and O–H groups in total. The van der Waals surface area contributed by atoms with Gasteiger partial charge in [0.2, 0.25) is 0 Å². The molecule has 2 atom stereocenters. The zero-order valence-electron chi connectivity index (χ0n) is 11.8.